The smallest absolute Gasteiger partial charge is 0.0230 e. The zero-order chi connectivity index (χ0) is 9.14. The summed E-state index contributed by atoms with van der Waals surface area (Å²) in [5, 5.41) is 0. The molecule has 0 unspecified atom stereocenters. The minimum Gasteiger partial charge on any atom is -0.305 e. The minimum atomic E-state index is 1.01. The average Bonchev–Trinajstić information content (AvgIpc) is 1.98. The molecular weight excluding hydrogens is 214 g/mol. The highest BCUT2D eigenvalue weighted by atomic mass is 79.9. The van der Waals surface area contributed by atoms with Gasteiger partial charge in [-0.1, -0.05) is 28.1 Å². The molecule has 1 nitrogen and oxygen atoms in total. The maximum atomic E-state index is 3.52. The van der Waals surface area contributed by atoms with Gasteiger partial charge in [0.25, 0.3) is 0 Å². The van der Waals surface area contributed by atoms with Gasteiger partial charge in [-0.25, -0.2) is 0 Å². The fourth-order valence-corrected chi connectivity index (χ4v) is 1.57. The van der Waals surface area contributed by atoms with Gasteiger partial charge in [-0.05, 0) is 38.2 Å². The maximum absolute atomic E-state index is 3.52. The van der Waals surface area contributed by atoms with Crippen molar-refractivity contribution in [2.24, 2.45) is 0 Å². The summed E-state index contributed by atoms with van der Waals surface area (Å²) in [6, 6.07) is 6.32. The van der Waals surface area contributed by atoms with Crippen molar-refractivity contribution in [2.75, 3.05) is 14.1 Å². The van der Waals surface area contributed by atoms with Crippen LogP contribution in [0.3, 0.4) is 0 Å². The third-order valence-electron chi connectivity index (χ3n) is 1.87. The van der Waals surface area contributed by atoms with Crippen LogP contribution in [-0.4, -0.2) is 19.0 Å². The van der Waals surface area contributed by atoms with Crippen LogP contribution in [-0.2, 0) is 6.54 Å². The summed E-state index contributed by atoms with van der Waals surface area (Å²) < 4.78 is 1.20. The molecule has 0 saturated carbocycles. The van der Waals surface area contributed by atoms with E-state index in [-0.39, 0.29) is 0 Å². The fourth-order valence-electron chi connectivity index (χ4n) is 1.16. The molecule has 0 saturated heterocycles. The van der Waals surface area contributed by atoms with E-state index in [0.29, 0.717) is 0 Å². The van der Waals surface area contributed by atoms with E-state index in [1.165, 1.54) is 15.6 Å². The molecule has 0 aliphatic carbocycles. The Hall–Kier alpha value is -0.340. The van der Waals surface area contributed by atoms with Gasteiger partial charge in [0.2, 0.25) is 0 Å². The molecule has 1 aromatic rings. The van der Waals surface area contributed by atoms with Gasteiger partial charge >= 0.3 is 0 Å². The fraction of sp³-hybridized carbons (Fsp3) is 0.400. The molecule has 0 aliphatic rings. The predicted octanol–water partition coefficient (Wildman–Crippen LogP) is 2.82. The van der Waals surface area contributed by atoms with E-state index in [1.54, 1.807) is 0 Å². The zero-order valence-electron chi connectivity index (χ0n) is 7.76. The topological polar surface area (TPSA) is 3.24 Å². The van der Waals surface area contributed by atoms with Crippen LogP contribution < -0.4 is 0 Å². The van der Waals surface area contributed by atoms with Crippen molar-refractivity contribution in [1.82, 2.24) is 4.90 Å². The normalized spacial score (nSPS) is 10.8. The summed E-state index contributed by atoms with van der Waals surface area (Å²) in [4.78, 5) is 2.18. The standard InChI is InChI=1S/C10H14BrN/c1-8-9(7-12(2)3)5-4-6-10(8)11/h4-6H,7H2,1-3H3. The number of hydrogen-bond donors (Lipinski definition) is 0. The number of halogens is 1. The van der Waals surface area contributed by atoms with Gasteiger partial charge in [0, 0.05) is 11.0 Å². The molecule has 0 N–H and O–H groups in total. The highest BCUT2D eigenvalue weighted by Crippen LogP contribution is 2.19. The van der Waals surface area contributed by atoms with Gasteiger partial charge in [0.1, 0.15) is 0 Å². The van der Waals surface area contributed by atoms with Crippen molar-refractivity contribution in [3.63, 3.8) is 0 Å². The first-order valence-electron chi connectivity index (χ1n) is 4.00. The second-order valence-electron chi connectivity index (χ2n) is 3.26. The lowest BCUT2D eigenvalue weighted by atomic mass is 10.1. The van der Waals surface area contributed by atoms with Crippen LogP contribution in [0.15, 0.2) is 22.7 Å². The molecular formula is C10H14BrN. The molecule has 0 fully saturated rings. The molecule has 1 rings (SSSR count). The second-order valence-corrected chi connectivity index (χ2v) is 4.12. The van der Waals surface area contributed by atoms with Gasteiger partial charge in [0.05, 0.1) is 0 Å². The molecule has 12 heavy (non-hydrogen) atoms. The number of benzene rings is 1. The molecule has 0 radical (unpaired) electrons. The van der Waals surface area contributed by atoms with Crippen LogP contribution >= 0.6 is 15.9 Å². The van der Waals surface area contributed by atoms with Crippen LogP contribution in [0.4, 0.5) is 0 Å². The third kappa shape index (κ3) is 2.32. The van der Waals surface area contributed by atoms with Crippen LogP contribution in [0.5, 0.6) is 0 Å². The van der Waals surface area contributed by atoms with Crippen molar-refractivity contribution in [1.29, 1.82) is 0 Å². The quantitative estimate of drug-likeness (QED) is 0.752. The number of hydrogen-bond acceptors (Lipinski definition) is 1. The van der Waals surface area contributed by atoms with Gasteiger partial charge < -0.3 is 4.90 Å². The third-order valence-corrected chi connectivity index (χ3v) is 2.73. The van der Waals surface area contributed by atoms with Gasteiger partial charge in [-0.15, -0.1) is 0 Å². The summed E-state index contributed by atoms with van der Waals surface area (Å²) in [7, 11) is 4.17. The Morgan fingerprint density at radius 2 is 2.00 bits per heavy atom. The summed E-state index contributed by atoms with van der Waals surface area (Å²) in [6.07, 6.45) is 0. The first kappa shape index (κ1) is 9.75. The average molecular weight is 228 g/mol. The first-order valence-corrected chi connectivity index (χ1v) is 4.79. The number of nitrogens with zero attached hydrogens (tertiary/aromatic N) is 1. The molecule has 1 aromatic carbocycles. The van der Waals surface area contributed by atoms with E-state index >= 15 is 0 Å². The molecule has 66 valence electrons. The van der Waals surface area contributed by atoms with E-state index in [0.717, 1.165) is 6.54 Å². The Balaban J connectivity index is 2.92. The van der Waals surface area contributed by atoms with Crippen molar-refractivity contribution in [3.8, 4) is 0 Å². The first-order chi connectivity index (χ1) is 5.61. The lowest BCUT2D eigenvalue weighted by Gasteiger charge is -2.12. The Kier molecular flexibility index (Phi) is 3.29. The van der Waals surface area contributed by atoms with Crippen LogP contribution in [0.1, 0.15) is 11.1 Å². The Morgan fingerprint density at radius 3 is 2.58 bits per heavy atom. The summed E-state index contributed by atoms with van der Waals surface area (Å²) in [5.41, 5.74) is 2.72. The minimum absolute atomic E-state index is 1.01. The van der Waals surface area contributed by atoms with Crippen LogP contribution in [0.25, 0.3) is 0 Å². The molecule has 0 spiro atoms. The molecule has 0 bridgehead atoms. The molecule has 2 heteroatoms. The maximum Gasteiger partial charge on any atom is 0.0230 e. The summed E-state index contributed by atoms with van der Waals surface area (Å²) in [5.74, 6) is 0. The number of rotatable bonds is 2. The highest BCUT2D eigenvalue weighted by Gasteiger charge is 2.01. The monoisotopic (exact) mass is 227 g/mol. The van der Waals surface area contributed by atoms with Gasteiger partial charge in [0.15, 0.2) is 0 Å². The van der Waals surface area contributed by atoms with Crippen molar-refractivity contribution in [3.05, 3.63) is 33.8 Å². The Labute approximate surface area is 82.5 Å². The molecule has 0 atom stereocenters. The van der Waals surface area contributed by atoms with E-state index in [9.17, 15) is 0 Å². The van der Waals surface area contributed by atoms with Crippen molar-refractivity contribution in [2.45, 2.75) is 13.5 Å². The van der Waals surface area contributed by atoms with Gasteiger partial charge in [-0.3, -0.25) is 0 Å². The van der Waals surface area contributed by atoms with Crippen LogP contribution in [0.2, 0.25) is 0 Å². The molecule has 0 aromatic heterocycles. The highest BCUT2D eigenvalue weighted by molar-refractivity contribution is 9.10. The predicted molar refractivity (Wildman–Crippen MR) is 56.3 cm³/mol. The summed E-state index contributed by atoms with van der Waals surface area (Å²) >= 11 is 3.52. The van der Waals surface area contributed by atoms with E-state index < -0.39 is 0 Å². The SMILES string of the molecule is Cc1c(Br)cccc1CN(C)C. The van der Waals surface area contributed by atoms with Gasteiger partial charge in [-0.2, -0.15) is 0 Å². The lowest BCUT2D eigenvalue weighted by molar-refractivity contribution is 0.401. The lowest BCUT2D eigenvalue weighted by Crippen LogP contribution is -2.11. The van der Waals surface area contributed by atoms with Crippen LogP contribution in [0, 0.1) is 6.92 Å². The summed E-state index contributed by atoms with van der Waals surface area (Å²) in [6.45, 7) is 3.15. The molecule has 0 amide bonds. The Morgan fingerprint density at radius 1 is 1.33 bits per heavy atom. The molecule has 0 heterocycles. The second kappa shape index (κ2) is 4.06. The van der Waals surface area contributed by atoms with Crippen molar-refractivity contribution >= 4 is 15.9 Å². The molecule has 0 aliphatic heterocycles. The zero-order valence-corrected chi connectivity index (χ0v) is 9.35. The largest absolute Gasteiger partial charge is 0.305 e. The van der Waals surface area contributed by atoms with E-state index in [4.69, 9.17) is 0 Å². The van der Waals surface area contributed by atoms with E-state index in [1.807, 2.05) is 0 Å². The van der Waals surface area contributed by atoms with E-state index in [2.05, 4.69) is 60.0 Å². The van der Waals surface area contributed by atoms with Crippen molar-refractivity contribution < 1.29 is 0 Å². The Bertz CT molecular complexity index is 269.